The number of nitrogens with two attached hydrogens (primary N) is 1. The van der Waals surface area contributed by atoms with Crippen molar-refractivity contribution in [2.75, 3.05) is 20.1 Å². The molecule has 0 amide bonds. The predicted octanol–water partition coefficient (Wildman–Crippen LogP) is 1.52. The molecule has 5 nitrogen and oxygen atoms in total. The summed E-state index contributed by atoms with van der Waals surface area (Å²) in [6.07, 6.45) is 0.793. The molecule has 0 spiro atoms. The topological polar surface area (TPSA) is 75.4 Å². The molecule has 0 radical (unpaired) electrons. The maximum atomic E-state index is 12.2. The first-order valence-corrected chi connectivity index (χ1v) is 9.07. The molecule has 0 aliphatic heterocycles. The number of rotatable bonds is 8. The quantitative estimate of drug-likeness (QED) is 0.713. The van der Waals surface area contributed by atoms with Crippen molar-refractivity contribution in [3.8, 4) is 0 Å². The molecule has 0 atom stereocenters. The molecule has 0 fully saturated rings. The number of thiophene rings is 1. The van der Waals surface area contributed by atoms with E-state index in [-0.39, 0.29) is 0 Å². The third kappa shape index (κ3) is 4.82. The first-order valence-electron chi connectivity index (χ1n) is 6.77. The van der Waals surface area contributed by atoms with Gasteiger partial charge in [0.1, 0.15) is 0 Å². The minimum Gasteiger partial charge on any atom is -0.326 e. The number of hydrogen-bond donors (Lipinski definition) is 2. The van der Waals surface area contributed by atoms with Crippen molar-refractivity contribution in [1.82, 2.24) is 9.62 Å². The van der Waals surface area contributed by atoms with Gasteiger partial charge in [0, 0.05) is 28.9 Å². The molecule has 0 saturated heterocycles. The highest BCUT2D eigenvalue weighted by Crippen LogP contribution is 2.25. The van der Waals surface area contributed by atoms with Crippen LogP contribution in [-0.2, 0) is 16.6 Å². The molecule has 0 bridgehead atoms. The van der Waals surface area contributed by atoms with Crippen molar-refractivity contribution in [3.63, 3.8) is 0 Å². The van der Waals surface area contributed by atoms with Crippen LogP contribution >= 0.6 is 11.3 Å². The van der Waals surface area contributed by atoms with Crippen molar-refractivity contribution in [2.24, 2.45) is 5.73 Å². The lowest BCUT2D eigenvalue weighted by Gasteiger charge is -2.20. The first-order chi connectivity index (χ1) is 9.27. The van der Waals surface area contributed by atoms with Gasteiger partial charge in [-0.25, -0.2) is 13.1 Å². The van der Waals surface area contributed by atoms with E-state index in [2.05, 4.69) is 23.5 Å². The van der Waals surface area contributed by atoms with Crippen molar-refractivity contribution < 1.29 is 8.42 Å². The van der Waals surface area contributed by atoms with Crippen LogP contribution in [0.25, 0.3) is 0 Å². The van der Waals surface area contributed by atoms with E-state index >= 15 is 0 Å². The Bertz CT molecular complexity index is 524. The molecule has 7 heteroatoms. The lowest BCUT2D eigenvalue weighted by atomic mass is 10.3. The van der Waals surface area contributed by atoms with Crippen LogP contribution < -0.4 is 10.5 Å². The number of nitrogens with zero attached hydrogens (tertiary/aromatic N) is 1. The lowest BCUT2D eigenvalue weighted by molar-refractivity contribution is 0.271. The maximum Gasteiger partial charge on any atom is 0.241 e. The zero-order valence-electron chi connectivity index (χ0n) is 12.6. The summed E-state index contributed by atoms with van der Waals surface area (Å²) < 4.78 is 27.1. The van der Waals surface area contributed by atoms with Gasteiger partial charge in [-0.1, -0.05) is 0 Å². The Hall–Kier alpha value is -0.470. The van der Waals surface area contributed by atoms with Gasteiger partial charge in [0.05, 0.1) is 4.90 Å². The second kappa shape index (κ2) is 7.51. The summed E-state index contributed by atoms with van der Waals surface area (Å²) in [5.74, 6) is 0. The molecule has 0 unspecified atom stereocenters. The summed E-state index contributed by atoms with van der Waals surface area (Å²) in [6, 6.07) is 2.14. The zero-order chi connectivity index (χ0) is 15.3. The van der Waals surface area contributed by atoms with E-state index in [1.807, 2.05) is 14.0 Å². The molecule has 1 aromatic rings. The van der Waals surface area contributed by atoms with Crippen LogP contribution in [0.2, 0.25) is 0 Å². The minimum atomic E-state index is -3.41. The van der Waals surface area contributed by atoms with Gasteiger partial charge in [-0.3, -0.25) is 0 Å². The van der Waals surface area contributed by atoms with Gasteiger partial charge in [0.25, 0.3) is 0 Å². The van der Waals surface area contributed by atoms with Gasteiger partial charge in [0.15, 0.2) is 0 Å². The van der Waals surface area contributed by atoms with Gasteiger partial charge >= 0.3 is 0 Å². The number of hydrogen-bond acceptors (Lipinski definition) is 5. The Morgan fingerprint density at radius 3 is 2.60 bits per heavy atom. The SMILES string of the molecule is Cc1sc(CN)cc1S(=O)(=O)NCCCN(C)C(C)C. The molecule has 1 aromatic heterocycles. The Morgan fingerprint density at radius 2 is 2.10 bits per heavy atom. The molecule has 0 saturated carbocycles. The molecule has 3 N–H and O–H groups in total. The van der Waals surface area contributed by atoms with Crippen LogP contribution in [0.15, 0.2) is 11.0 Å². The average molecular weight is 319 g/mol. The van der Waals surface area contributed by atoms with Crippen LogP contribution in [0.4, 0.5) is 0 Å². The summed E-state index contributed by atoms with van der Waals surface area (Å²) in [7, 11) is -1.37. The van der Waals surface area contributed by atoms with Crippen molar-refractivity contribution in [2.45, 2.75) is 44.7 Å². The van der Waals surface area contributed by atoms with Crippen LogP contribution in [0.1, 0.15) is 30.0 Å². The second-order valence-corrected chi connectivity index (χ2v) is 8.24. The number of sulfonamides is 1. The van der Waals surface area contributed by atoms with Gasteiger partial charge in [-0.2, -0.15) is 0 Å². The summed E-state index contributed by atoms with van der Waals surface area (Å²) in [6.45, 7) is 7.75. The standard InChI is InChI=1S/C13H25N3O2S2/c1-10(2)16(4)7-5-6-15-20(17,18)13-8-12(9-14)19-11(13)3/h8,10,15H,5-7,9,14H2,1-4H3. The predicted molar refractivity (Wildman–Crippen MR) is 84.5 cm³/mol. The third-order valence-electron chi connectivity index (χ3n) is 3.28. The largest absolute Gasteiger partial charge is 0.326 e. The van der Waals surface area contributed by atoms with Crippen LogP contribution in [0.3, 0.4) is 0 Å². The van der Waals surface area contributed by atoms with Crippen LogP contribution in [0.5, 0.6) is 0 Å². The van der Waals surface area contributed by atoms with Gasteiger partial charge in [-0.05, 0) is 46.9 Å². The molecular weight excluding hydrogens is 294 g/mol. The molecule has 0 aliphatic rings. The van der Waals surface area contributed by atoms with Gasteiger partial charge in [-0.15, -0.1) is 11.3 Å². The highest BCUT2D eigenvalue weighted by atomic mass is 32.2. The van der Waals surface area contributed by atoms with Crippen molar-refractivity contribution in [3.05, 3.63) is 15.8 Å². The molecule has 20 heavy (non-hydrogen) atoms. The summed E-state index contributed by atoms with van der Waals surface area (Å²) in [5.41, 5.74) is 5.55. The van der Waals surface area contributed by atoms with Gasteiger partial charge < -0.3 is 10.6 Å². The fraction of sp³-hybridized carbons (Fsp3) is 0.692. The smallest absolute Gasteiger partial charge is 0.241 e. The van der Waals surface area contributed by atoms with E-state index < -0.39 is 10.0 Å². The van der Waals surface area contributed by atoms with E-state index in [0.717, 1.165) is 22.7 Å². The van der Waals surface area contributed by atoms with E-state index in [4.69, 9.17) is 5.73 Å². The average Bonchev–Trinajstić information content (AvgIpc) is 2.76. The van der Waals surface area contributed by atoms with E-state index in [0.29, 0.717) is 24.0 Å². The maximum absolute atomic E-state index is 12.2. The Labute approximate surface area is 126 Å². The summed E-state index contributed by atoms with van der Waals surface area (Å²) in [5, 5.41) is 0. The zero-order valence-corrected chi connectivity index (χ0v) is 14.3. The molecule has 1 rings (SSSR count). The number of aryl methyl sites for hydroxylation is 1. The van der Waals surface area contributed by atoms with Gasteiger partial charge in [0.2, 0.25) is 10.0 Å². The van der Waals surface area contributed by atoms with Crippen molar-refractivity contribution in [1.29, 1.82) is 0 Å². The first kappa shape index (κ1) is 17.6. The van der Waals surface area contributed by atoms with E-state index in [9.17, 15) is 8.42 Å². The summed E-state index contributed by atoms with van der Waals surface area (Å²) in [4.78, 5) is 4.23. The molecule has 0 aliphatic carbocycles. The Morgan fingerprint density at radius 1 is 1.45 bits per heavy atom. The second-order valence-electron chi connectivity index (χ2n) is 5.16. The lowest BCUT2D eigenvalue weighted by Crippen LogP contribution is -2.31. The highest BCUT2D eigenvalue weighted by molar-refractivity contribution is 7.89. The fourth-order valence-corrected chi connectivity index (χ4v) is 4.35. The van der Waals surface area contributed by atoms with Crippen molar-refractivity contribution >= 4 is 21.4 Å². The Balaban J connectivity index is 2.55. The normalized spacial score (nSPS) is 12.6. The summed E-state index contributed by atoms with van der Waals surface area (Å²) >= 11 is 1.44. The molecule has 0 aromatic carbocycles. The van der Waals surface area contributed by atoms with E-state index in [1.54, 1.807) is 6.07 Å². The number of nitrogens with one attached hydrogen (secondary N) is 1. The fourth-order valence-electron chi connectivity index (χ4n) is 1.76. The molecular formula is C13H25N3O2S2. The van der Waals surface area contributed by atoms with Crippen LogP contribution in [0, 0.1) is 6.92 Å². The minimum absolute atomic E-state index is 0.361. The molecule has 1 heterocycles. The monoisotopic (exact) mass is 319 g/mol. The van der Waals surface area contributed by atoms with Crippen LogP contribution in [-0.4, -0.2) is 39.5 Å². The van der Waals surface area contributed by atoms with E-state index in [1.165, 1.54) is 11.3 Å². The third-order valence-corrected chi connectivity index (χ3v) is 6.06. The Kier molecular flexibility index (Phi) is 6.60. The highest BCUT2D eigenvalue weighted by Gasteiger charge is 2.19. The molecule has 116 valence electrons.